The molecule has 1 saturated heterocycles. The van der Waals surface area contributed by atoms with Gasteiger partial charge in [-0.15, -0.1) is 0 Å². The molecule has 0 bridgehead atoms. The first-order valence-corrected chi connectivity index (χ1v) is 6.92. The second-order valence-corrected chi connectivity index (χ2v) is 5.62. The first-order chi connectivity index (χ1) is 9.81. The Morgan fingerprint density at radius 1 is 1.24 bits per heavy atom. The van der Waals surface area contributed by atoms with Gasteiger partial charge < -0.3 is 15.2 Å². The van der Waals surface area contributed by atoms with Crippen LogP contribution in [0.3, 0.4) is 0 Å². The number of nitrogens with zero attached hydrogens (tertiary/aromatic N) is 1. The van der Waals surface area contributed by atoms with Crippen molar-refractivity contribution in [3.63, 3.8) is 0 Å². The molecule has 21 heavy (non-hydrogen) atoms. The van der Waals surface area contributed by atoms with Crippen molar-refractivity contribution < 1.29 is 24.2 Å². The molecule has 0 spiro atoms. The van der Waals surface area contributed by atoms with Crippen molar-refractivity contribution in [1.82, 2.24) is 15.5 Å². The van der Waals surface area contributed by atoms with Gasteiger partial charge in [-0.3, -0.25) is 19.8 Å². The Labute approximate surface area is 123 Å². The molecule has 8 nitrogen and oxygen atoms in total. The minimum absolute atomic E-state index is 0.251. The van der Waals surface area contributed by atoms with E-state index in [9.17, 15) is 14.4 Å². The zero-order valence-electron chi connectivity index (χ0n) is 12.5. The van der Waals surface area contributed by atoms with E-state index in [4.69, 9.17) is 9.84 Å². The first kappa shape index (κ1) is 17.4. The lowest BCUT2D eigenvalue weighted by atomic mass is 9.89. The molecule has 0 radical (unpaired) electrons. The van der Waals surface area contributed by atoms with Crippen molar-refractivity contribution >= 4 is 17.9 Å². The lowest BCUT2D eigenvalue weighted by Gasteiger charge is -2.26. The summed E-state index contributed by atoms with van der Waals surface area (Å²) in [4.78, 5) is 36.1. The first-order valence-electron chi connectivity index (χ1n) is 6.92. The molecule has 1 fully saturated rings. The summed E-state index contributed by atoms with van der Waals surface area (Å²) in [5.41, 5.74) is -1.20. The number of carboxylic acid groups (broad SMARTS) is 1. The third kappa shape index (κ3) is 6.54. The predicted molar refractivity (Wildman–Crippen MR) is 74.8 cm³/mol. The van der Waals surface area contributed by atoms with Crippen LogP contribution in [0.15, 0.2) is 0 Å². The largest absolute Gasteiger partial charge is 0.481 e. The molecule has 0 unspecified atom stereocenters. The van der Waals surface area contributed by atoms with E-state index in [1.54, 1.807) is 0 Å². The SMILES string of the molecule is CC(C)(CC(=O)NC(=O)NCCN1CCOCC1)C(=O)O. The summed E-state index contributed by atoms with van der Waals surface area (Å²) in [5, 5.41) is 13.6. The maximum absolute atomic E-state index is 11.6. The van der Waals surface area contributed by atoms with Crippen molar-refractivity contribution in [2.75, 3.05) is 39.4 Å². The summed E-state index contributed by atoms with van der Waals surface area (Å²) in [6, 6.07) is -0.602. The minimum Gasteiger partial charge on any atom is -0.481 e. The van der Waals surface area contributed by atoms with Crippen LogP contribution in [-0.4, -0.2) is 67.3 Å². The Morgan fingerprint density at radius 3 is 2.43 bits per heavy atom. The van der Waals surface area contributed by atoms with E-state index < -0.39 is 23.3 Å². The fourth-order valence-corrected chi connectivity index (χ4v) is 1.84. The second kappa shape index (κ2) is 7.94. The Balaban J connectivity index is 2.20. The number of rotatable bonds is 6. The summed E-state index contributed by atoms with van der Waals surface area (Å²) < 4.78 is 5.21. The lowest BCUT2D eigenvalue weighted by molar-refractivity contribution is -0.149. The van der Waals surface area contributed by atoms with Gasteiger partial charge in [0.15, 0.2) is 0 Å². The van der Waals surface area contributed by atoms with Gasteiger partial charge in [-0.25, -0.2) is 4.79 Å². The number of hydrogen-bond donors (Lipinski definition) is 3. The fraction of sp³-hybridized carbons (Fsp3) is 0.769. The number of carbonyl (C=O) groups excluding carboxylic acids is 2. The highest BCUT2D eigenvalue weighted by molar-refractivity contribution is 5.96. The number of carbonyl (C=O) groups is 3. The highest BCUT2D eigenvalue weighted by atomic mass is 16.5. The Bertz CT molecular complexity index is 391. The number of ether oxygens (including phenoxy) is 1. The van der Waals surface area contributed by atoms with Crippen LogP contribution >= 0.6 is 0 Å². The van der Waals surface area contributed by atoms with E-state index in [-0.39, 0.29) is 6.42 Å². The normalized spacial score (nSPS) is 16.3. The van der Waals surface area contributed by atoms with Gasteiger partial charge in [0, 0.05) is 32.6 Å². The van der Waals surface area contributed by atoms with Crippen molar-refractivity contribution in [2.45, 2.75) is 20.3 Å². The fourth-order valence-electron chi connectivity index (χ4n) is 1.84. The Morgan fingerprint density at radius 2 is 1.86 bits per heavy atom. The number of amides is 3. The number of carboxylic acids is 1. The molecule has 8 heteroatoms. The molecule has 1 heterocycles. The van der Waals surface area contributed by atoms with Gasteiger partial charge in [-0.2, -0.15) is 0 Å². The summed E-state index contributed by atoms with van der Waals surface area (Å²) in [7, 11) is 0. The highest BCUT2D eigenvalue weighted by Crippen LogP contribution is 2.19. The van der Waals surface area contributed by atoms with E-state index in [1.807, 2.05) is 0 Å². The van der Waals surface area contributed by atoms with Crippen LogP contribution in [0.5, 0.6) is 0 Å². The second-order valence-electron chi connectivity index (χ2n) is 5.62. The van der Waals surface area contributed by atoms with E-state index in [1.165, 1.54) is 13.8 Å². The average molecular weight is 301 g/mol. The molecule has 1 aliphatic rings. The highest BCUT2D eigenvalue weighted by Gasteiger charge is 2.30. The van der Waals surface area contributed by atoms with Crippen molar-refractivity contribution in [2.24, 2.45) is 5.41 Å². The Hall–Kier alpha value is -1.67. The molecule has 0 aromatic rings. The number of morpholine rings is 1. The summed E-state index contributed by atoms with van der Waals surface area (Å²) >= 11 is 0. The van der Waals surface area contributed by atoms with Crippen LogP contribution in [-0.2, 0) is 14.3 Å². The number of hydrogen-bond acceptors (Lipinski definition) is 5. The minimum atomic E-state index is -1.20. The molecule has 0 aromatic heterocycles. The van der Waals surface area contributed by atoms with Gasteiger partial charge in [0.2, 0.25) is 5.91 Å². The van der Waals surface area contributed by atoms with Gasteiger partial charge in [-0.05, 0) is 13.8 Å². The van der Waals surface area contributed by atoms with Crippen LogP contribution in [0.25, 0.3) is 0 Å². The number of urea groups is 1. The zero-order chi connectivity index (χ0) is 15.9. The molecular formula is C13H23N3O5. The molecule has 120 valence electrons. The number of imide groups is 1. The molecule has 1 rings (SSSR count). The number of aliphatic carboxylic acids is 1. The zero-order valence-corrected chi connectivity index (χ0v) is 12.5. The number of nitrogens with one attached hydrogen (secondary N) is 2. The molecule has 1 aliphatic heterocycles. The standard InChI is InChI=1S/C13H23N3O5/c1-13(2,11(18)19)9-10(17)15-12(20)14-3-4-16-5-7-21-8-6-16/h3-9H2,1-2H3,(H,18,19)(H2,14,15,17,20). The average Bonchev–Trinajstić information content (AvgIpc) is 2.38. The summed E-state index contributed by atoms with van der Waals surface area (Å²) in [5.74, 6) is -1.68. The maximum Gasteiger partial charge on any atom is 0.321 e. The van der Waals surface area contributed by atoms with Crippen LogP contribution in [0, 0.1) is 5.41 Å². The molecule has 0 aromatic carbocycles. The van der Waals surface area contributed by atoms with Crippen molar-refractivity contribution in [1.29, 1.82) is 0 Å². The lowest BCUT2D eigenvalue weighted by Crippen LogP contribution is -2.46. The van der Waals surface area contributed by atoms with E-state index in [0.29, 0.717) is 26.3 Å². The smallest absolute Gasteiger partial charge is 0.321 e. The van der Waals surface area contributed by atoms with Crippen LogP contribution in [0.1, 0.15) is 20.3 Å². The van der Waals surface area contributed by atoms with E-state index in [0.717, 1.165) is 13.1 Å². The third-order valence-electron chi connectivity index (χ3n) is 3.25. The molecule has 0 aliphatic carbocycles. The quantitative estimate of drug-likeness (QED) is 0.618. The maximum atomic E-state index is 11.6. The van der Waals surface area contributed by atoms with Gasteiger partial charge in [0.25, 0.3) is 0 Å². The van der Waals surface area contributed by atoms with Crippen LogP contribution in [0.2, 0.25) is 0 Å². The monoisotopic (exact) mass is 301 g/mol. The Kier molecular flexibility index (Phi) is 6.57. The molecule has 3 amide bonds. The molecule has 0 saturated carbocycles. The van der Waals surface area contributed by atoms with Crippen LogP contribution < -0.4 is 10.6 Å². The third-order valence-corrected chi connectivity index (χ3v) is 3.25. The van der Waals surface area contributed by atoms with Crippen molar-refractivity contribution in [3.8, 4) is 0 Å². The van der Waals surface area contributed by atoms with Gasteiger partial charge in [0.05, 0.1) is 18.6 Å². The van der Waals surface area contributed by atoms with E-state index >= 15 is 0 Å². The van der Waals surface area contributed by atoms with E-state index in [2.05, 4.69) is 15.5 Å². The van der Waals surface area contributed by atoms with Gasteiger partial charge in [-0.1, -0.05) is 0 Å². The topological polar surface area (TPSA) is 108 Å². The van der Waals surface area contributed by atoms with Gasteiger partial charge in [0.1, 0.15) is 0 Å². The predicted octanol–water partition coefficient (Wildman–Crippen LogP) is -0.355. The molecule has 0 atom stereocenters. The van der Waals surface area contributed by atoms with Gasteiger partial charge >= 0.3 is 12.0 Å². The summed E-state index contributed by atoms with van der Waals surface area (Å²) in [6.45, 7) is 7.01. The molecular weight excluding hydrogens is 278 g/mol. The molecule has 3 N–H and O–H groups in total. The van der Waals surface area contributed by atoms with Crippen molar-refractivity contribution in [3.05, 3.63) is 0 Å². The van der Waals surface area contributed by atoms with Crippen LogP contribution in [0.4, 0.5) is 4.79 Å². The summed E-state index contributed by atoms with van der Waals surface area (Å²) in [6.07, 6.45) is -0.251.